The Morgan fingerprint density at radius 1 is 1.34 bits per heavy atom. The van der Waals surface area contributed by atoms with Gasteiger partial charge in [-0.05, 0) is 5.92 Å². The summed E-state index contributed by atoms with van der Waals surface area (Å²) in [4.78, 5) is 22.2. The highest BCUT2D eigenvalue weighted by molar-refractivity contribution is 5.84. The molecule has 0 spiro atoms. The Bertz CT molecular complexity index is 996. The van der Waals surface area contributed by atoms with Crippen LogP contribution in [0.4, 0.5) is 30.6 Å². The Kier molecular flexibility index (Phi) is 3.66. The highest BCUT2D eigenvalue weighted by Gasteiger charge is 2.70. The standard InChI is InChI=1S/C18H20F3N7O/c1-9-12-7-28(8-17(9,12)26-15(29)11-3-18(11,20)21)14-13(19)5-22-16(25-14)24-10-4-23-27(2)6-10/h4-6,9,11-12H,3,7-8H2,1-2H3,(H,26,29)(H,22,24,25)/t9-,11+,12?,17+/m0/s1. The van der Waals surface area contributed by atoms with Gasteiger partial charge in [0.1, 0.15) is 5.92 Å². The van der Waals surface area contributed by atoms with E-state index in [-0.39, 0.29) is 23.6 Å². The molecule has 11 heteroatoms. The smallest absolute Gasteiger partial charge is 0.260 e. The molecule has 1 saturated heterocycles. The molecule has 0 bridgehead atoms. The average molecular weight is 407 g/mol. The second-order valence-corrected chi connectivity index (χ2v) is 8.22. The van der Waals surface area contributed by atoms with E-state index in [1.165, 1.54) is 0 Å². The zero-order valence-electron chi connectivity index (χ0n) is 15.9. The first-order valence-electron chi connectivity index (χ1n) is 9.42. The van der Waals surface area contributed by atoms with Crippen LogP contribution in [0.1, 0.15) is 13.3 Å². The molecule has 3 heterocycles. The van der Waals surface area contributed by atoms with E-state index in [9.17, 15) is 18.0 Å². The van der Waals surface area contributed by atoms with Crippen LogP contribution in [0.15, 0.2) is 18.6 Å². The molecule has 1 amide bonds. The van der Waals surface area contributed by atoms with Crippen LogP contribution in [0.3, 0.4) is 0 Å². The maximum atomic E-state index is 14.4. The Labute approximate surface area is 164 Å². The van der Waals surface area contributed by atoms with E-state index in [4.69, 9.17) is 0 Å². The molecule has 3 aliphatic rings. The van der Waals surface area contributed by atoms with Crippen molar-refractivity contribution in [1.29, 1.82) is 0 Å². The highest BCUT2D eigenvalue weighted by Crippen LogP contribution is 2.57. The van der Waals surface area contributed by atoms with Crippen LogP contribution in [0.5, 0.6) is 0 Å². The van der Waals surface area contributed by atoms with Gasteiger partial charge in [0, 0.05) is 38.7 Å². The van der Waals surface area contributed by atoms with Crippen molar-refractivity contribution < 1.29 is 18.0 Å². The van der Waals surface area contributed by atoms with Gasteiger partial charge in [0.2, 0.25) is 11.9 Å². The fourth-order valence-electron chi connectivity index (χ4n) is 4.40. The van der Waals surface area contributed by atoms with Crippen molar-refractivity contribution in [2.45, 2.75) is 24.8 Å². The van der Waals surface area contributed by atoms with Crippen LogP contribution in [-0.4, -0.2) is 50.2 Å². The number of aromatic nitrogens is 4. The van der Waals surface area contributed by atoms with E-state index in [1.807, 2.05) is 6.92 Å². The fourth-order valence-corrected chi connectivity index (χ4v) is 4.40. The summed E-state index contributed by atoms with van der Waals surface area (Å²) in [5.41, 5.74) is 0.0569. The average Bonchev–Trinajstić information content (AvgIpc) is 3.24. The molecule has 2 aromatic heterocycles. The molecule has 29 heavy (non-hydrogen) atoms. The van der Waals surface area contributed by atoms with Crippen molar-refractivity contribution >= 4 is 23.4 Å². The summed E-state index contributed by atoms with van der Waals surface area (Å²) in [6, 6.07) is 0. The zero-order valence-corrected chi connectivity index (χ0v) is 15.9. The predicted octanol–water partition coefficient (Wildman–Crippen LogP) is 1.69. The lowest BCUT2D eigenvalue weighted by molar-refractivity contribution is -0.125. The van der Waals surface area contributed by atoms with Gasteiger partial charge in [-0.1, -0.05) is 6.92 Å². The number of carbonyl (C=O) groups is 1. The number of rotatable bonds is 5. The number of amides is 1. The second-order valence-electron chi connectivity index (χ2n) is 8.22. The van der Waals surface area contributed by atoms with E-state index in [1.54, 1.807) is 29.0 Å². The third kappa shape index (κ3) is 2.90. The molecule has 1 unspecified atom stereocenters. The monoisotopic (exact) mass is 407 g/mol. The minimum atomic E-state index is -2.90. The van der Waals surface area contributed by atoms with Crippen molar-refractivity contribution in [1.82, 2.24) is 25.1 Å². The Balaban J connectivity index is 1.32. The number of piperidine rings is 1. The topological polar surface area (TPSA) is 88.0 Å². The minimum Gasteiger partial charge on any atom is -0.351 e. The summed E-state index contributed by atoms with van der Waals surface area (Å²) in [6.07, 6.45) is 4.01. The summed E-state index contributed by atoms with van der Waals surface area (Å²) in [6.45, 7) is 2.78. The van der Waals surface area contributed by atoms with Crippen LogP contribution in [0.2, 0.25) is 0 Å². The fraction of sp³-hybridized carbons (Fsp3) is 0.556. The number of halogens is 3. The summed E-state index contributed by atoms with van der Waals surface area (Å²) in [5, 5.41) is 9.83. The Morgan fingerprint density at radius 3 is 2.76 bits per heavy atom. The molecule has 8 nitrogen and oxygen atoms in total. The third-order valence-electron chi connectivity index (χ3n) is 6.32. The van der Waals surface area contributed by atoms with E-state index >= 15 is 0 Å². The number of hydrogen-bond donors (Lipinski definition) is 2. The predicted molar refractivity (Wildman–Crippen MR) is 97.3 cm³/mol. The quantitative estimate of drug-likeness (QED) is 0.784. The zero-order chi connectivity index (χ0) is 20.6. The number of nitrogens with zero attached hydrogens (tertiary/aromatic N) is 5. The molecule has 4 atom stereocenters. The van der Waals surface area contributed by atoms with Crippen molar-refractivity contribution in [3.05, 3.63) is 24.4 Å². The normalized spacial score (nSPS) is 31.3. The number of hydrogen-bond acceptors (Lipinski definition) is 6. The Morgan fingerprint density at radius 2 is 2.10 bits per heavy atom. The minimum absolute atomic E-state index is 0.0721. The molecular formula is C18H20F3N7O. The molecule has 0 aromatic carbocycles. The molecule has 2 aliphatic carbocycles. The lowest BCUT2D eigenvalue weighted by Crippen LogP contribution is -2.45. The largest absolute Gasteiger partial charge is 0.351 e. The summed E-state index contributed by atoms with van der Waals surface area (Å²) < 4.78 is 42.5. The summed E-state index contributed by atoms with van der Waals surface area (Å²) >= 11 is 0. The van der Waals surface area contributed by atoms with Gasteiger partial charge < -0.3 is 15.5 Å². The SMILES string of the molecule is C[C@H]1C2CN(c3nc(Nc4cnn(C)c4)ncc3F)C[C@]21NC(=O)[C@H]1CC1(F)F. The molecule has 5 rings (SSSR count). The lowest BCUT2D eigenvalue weighted by Gasteiger charge is -2.25. The number of nitrogens with one attached hydrogen (secondary N) is 2. The maximum absolute atomic E-state index is 14.4. The first-order valence-corrected chi connectivity index (χ1v) is 9.42. The number of fused-ring (bicyclic) bond motifs is 1. The first kappa shape index (κ1) is 18.2. The summed E-state index contributed by atoms with van der Waals surface area (Å²) in [5.74, 6) is -4.78. The van der Waals surface area contributed by atoms with Gasteiger partial charge >= 0.3 is 0 Å². The number of carbonyl (C=O) groups excluding carboxylic acids is 1. The number of aryl methyl sites for hydroxylation is 1. The number of anilines is 3. The van der Waals surface area contributed by atoms with Gasteiger partial charge in [-0.15, -0.1) is 0 Å². The van der Waals surface area contributed by atoms with Crippen LogP contribution < -0.4 is 15.5 Å². The molecule has 0 radical (unpaired) electrons. The van der Waals surface area contributed by atoms with E-state index < -0.39 is 35.5 Å². The van der Waals surface area contributed by atoms with Crippen molar-refractivity contribution in [3.63, 3.8) is 0 Å². The van der Waals surface area contributed by atoms with E-state index in [2.05, 4.69) is 25.7 Å². The van der Waals surface area contributed by atoms with Crippen molar-refractivity contribution in [3.8, 4) is 0 Å². The van der Waals surface area contributed by atoms with E-state index in [0.717, 1.165) is 6.20 Å². The van der Waals surface area contributed by atoms with Crippen LogP contribution in [0.25, 0.3) is 0 Å². The lowest BCUT2D eigenvalue weighted by atomic mass is 10.2. The van der Waals surface area contributed by atoms with Crippen LogP contribution in [0, 0.1) is 23.6 Å². The van der Waals surface area contributed by atoms with Crippen molar-refractivity contribution in [2.75, 3.05) is 23.3 Å². The van der Waals surface area contributed by atoms with Gasteiger partial charge in [-0.3, -0.25) is 9.48 Å². The molecule has 3 fully saturated rings. The van der Waals surface area contributed by atoms with Gasteiger partial charge in [0.05, 0.1) is 23.6 Å². The summed E-state index contributed by atoms with van der Waals surface area (Å²) in [7, 11) is 1.77. The number of alkyl halides is 2. The first-order chi connectivity index (χ1) is 13.7. The molecule has 2 aromatic rings. The van der Waals surface area contributed by atoms with Crippen LogP contribution >= 0.6 is 0 Å². The molecule has 2 N–H and O–H groups in total. The van der Waals surface area contributed by atoms with Gasteiger partial charge in [0.15, 0.2) is 11.6 Å². The Hall–Kier alpha value is -2.85. The van der Waals surface area contributed by atoms with Crippen LogP contribution in [-0.2, 0) is 11.8 Å². The maximum Gasteiger partial charge on any atom is 0.260 e. The van der Waals surface area contributed by atoms with Gasteiger partial charge in [-0.2, -0.15) is 10.1 Å². The second kappa shape index (κ2) is 5.83. The van der Waals surface area contributed by atoms with Crippen molar-refractivity contribution in [2.24, 2.45) is 24.8 Å². The van der Waals surface area contributed by atoms with Gasteiger partial charge in [-0.25, -0.2) is 18.2 Å². The molecule has 154 valence electrons. The molecule has 2 saturated carbocycles. The molecule has 1 aliphatic heterocycles. The molecular weight excluding hydrogens is 387 g/mol. The third-order valence-corrected chi connectivity index (χ3v) is 6.32. The van der Waals surface area contributed by atoms with E-state index in [0.29, 0.717) is 18.8 Å². The highest BCUT2D eigenvalue weighted by atomic mass is 19.3. The van der Waals surface area contributed by atoms with Gasteiger partial charge in [0.25, 0.3) is 5.92 Å².